The van der Waals surface area contributed by atoms with Gasteiger partial charge >= 0.3 is 5.97 Å². The molecule has 2 aromatic heterocycles. The number of nitrogens with one attached hydrogen (secondary N) is 2. The van der Waals surface area contributed by atoms with Gasteiger partial charge in [0.25, 0.3) is 0 Å². The maximum absolute atomic E-state index is 15.2. The van der Waals surface area contributed by atoms with Gasteiger partial charge in [0.2, 0.25) is 16.0 Å². The number of aryl methyl sites for hydroxylation is 1. The summed E-state index contributed by atoms with van der Waals surface area (Å²) in [4.78, 5) is 22.0. The predicted molar refractivity (Wildman–Crippen MR) is 135 cm³/mol. The molecule has 0 radical (unpaired) electrons. The molecule has 0 amide bonds. The number of esters is 1. The van der Waals surface area contributed by atoms with Gasteiger partial charge in [-0.2, -0.15) is 14.4 Å². The van der Waals surface area contributed by atoms with Crippen LogP contribution >= 0.6 is 0 Å². The molecule has 1 aliphatic rings. The minimum Gasteiger partial charge on any atom is -0.459 e. The molecule has 0 aromatic carbocycles. The second kappa shape index (κ2) is 11.5. The Hall–Kier alpha value is -2.80. The lowest BCUT2D eigenvalue weighted by atomic mass is 9.90. The van der Waals surface area contributed by atoms with E-state index in [1.54, 1.807) is 17.3 Å². The standard InChI is InChI=1S/C23H36FN7O4S/c1-7-16-11-18(12-17(8-2)31(16)36(33,34)9-3)30(6)23-25-19(13-35-15(5)32)21(24)22(27-23)26-20-10-14(4)28-29-20/h10,16-18H,7-9,11-13H2,1-6H3,(H2,25,26,27,28,29)/t16-,17+,18?. The molecule has 1 aliphatic heterocycles. The third kappa shape index (κ3) is 6.12. The van der Waals surface area contributed by atoms with Crippen LogP contribution in [-0.4, -0.2) is 69.8 Å². The smallest absolute Gasteiger partial charge is 0.303 e. The Labute approximate surface area is 211 Å². The lowest BCUT2D eigenvalue weighted by molar-refractivity contribution is -0.142. The number of carbonyl (C=O) groups excluding carboxylic acids is 1. The molecule has 1 unspecified atom stereocenters. The van der Waals surface area contributed by atoms with Crippen molar-refractivity contribution in [2.45, 2.75) is 85.0 Å². The SMILES string of the molecule is CC[C@@H]1CC(N(C)c2nc(COC(C)=O)c(F)c(Nc3cc(C)[nH]n3)n2)C[C@H](CC)N1S(=O)(=O)CC. The number of carbonyl (C=O) groups is 1. The Kier molecular flexibility index (Phi) is 8.88. The first-order valence-electron chi connectivity index (χ1n) is 12.2. The first-order chi connectivity index (χ1) is 17.0. The molecule has 11 nitrogen and oxygen atoms in total. The summed E-state index contributed by atoms with van der Waals surface area (Å²) < 4.78 is 47.7. The third-order valence-electron chi connectivity index (χ3n) is 6.57. The van der Waals surface area contributed by atoms with Gasteiger partial charge in [0.05, 0.1) is 5.75 Å². The summed E-state index contributed by atoms with van der Waals surface area (Å²) in [5.74, 6) is -0.701. The van der Waals surface area contributed by atoms with Crippen molar-refractivity contribution in [1.29, 1.82) is 0 Å². The zero-order valence-corrected chi connectivity index (χ0v) is 22.5. The van der Waals surface area contributed by atoms with Crippen molar-refractivity contribution in [2.75, 3.05) is 23.0 Å². The van der Waals surface area contributed by atoms with Crippen molar-refractivity contribution < 1.29 is 22.3 Å². The number of aromatic amines is 1. The number of sulfonamides is 1. The van der Waals surface area contributed by atoms with E-state index in [1.165, 1.54) is 6.92 Å². The number of halogens is 1. The van der Waals surface area contributed by atoms with Crippen LogP contribution in [0.15, 0.2) is 6.07 Å². The van der Waals surface area contributed by atoms with Gasteiger partial charge in [-0.15, -0.1) is 0 Å². The van der Waals surface area contributed by atoms with Gasteiger partial charge in [0.1, 0.15) is 12.3 Å². The van der Waals surface area contributed by atoms with E-state index in [-0.39, 0.29) is 47.9 Å². The molecular formula is C23H36FN7O4S. The highest BCUT2D eigenvalue weighted by Crippen LogP contribution is 2.34. The van der Waals surface area contributed by atoms with Gasteiger partial charge in [-0.25, -0.2) is 17.8 Å². The number of hydrogen-bond donors (Lipinski definition) is 2. The van der Waals surface area contributed by atoms with Gasteiger partial charge in [0, 0.05) is 43.9 Å². The van der Waals surface area contributed by atoms with E-state index in [2.05, 4.69) is 25.5 Å². The van der Waals surface area contributed by atoms with Crippen molar-refractivity contribution >= 4 is 33.6 Å². The van der Waals surface area contributed by atoms with E-state index in [0.717, 1.165) is 5.69 Å². The van der Waals surface area contributed by atoms with E-state index in [9.17, 15) is 13.2 Å². The molecule has 1 saturated heterocycles. The van der Waals surface area contributed by atoms with Crippen LogP contribution in [0.2, 0.25) is 0 Å². The minimum atomic E-state index is -3.36. The number of anilines is 3. The Morgan fingerprint density at radius 2 is 1.89 bits per heavy atom. The predicted octanol–water partition coefficient (Wildman–Crippen LogP) is 3.26. The molecule has 1 fully saturated rings. The lowest BCUT2D eigenvalue weighted by Crippen LogP contribution is -2.56. The van der Waals surface area contributed by atoms with Crippen LogP contribution in [0.3, 0.4) is 0 Å². The maximum atomic E-state index is 15.2. The summed E-state index contributed by atoms with van der Waals surface area (Å²) in [5, 5.41) is 9.73. The van der Waals surface area contributed by atoms with E-state index < -0.39 is 21.8 Å². The minimum absolute atomic E-state index is 0.0583. The Balaban J connectivity index is 1.96. The molecule has 36 heavy (non-hydrogen) atoms. The fourth-order valence-corrected chi connectivity index (χ4v) is 6.27. The molecule has 3 heterocycles. The molecule has 0 aliphatic carbocycles. The molecule has 2 N–H and O–H groups in total. The highest BCUT2D eigenvalue weighted by molar-refractivity contribution is 7.89. The Morgan fingerprint density at radius 3 is 2.39 bits per heavy atom. The van der Waals surface area contributed by atoms with Crippen LogP contribution in [0.5, 0.6) is 0 Å². The highest BCUT2D eigenvalue weighted by atomic mass is 32.2. The summed E-state index contributed by atoms with van der Waals surface area (Å²) >= 11 is 0. The van der Waals surface area contributed by atoms with Crippen LogP contribution in [0.1, 0.15) is 64.8 Å². The number of piperidine rings is 1. The van der Waals surface area contributed by atoms with E-state index in [4.69, 9.17) is 4.74 Å². The molecule has 2 aromatic rings. The Morgan fingerprint density at radius 1 is 1.25 bits per heavy atom. The number of nitrogens with zero attached hydrogens (tertiary/aromatic N) is 5. The maximum Gasteiger partial charge on any atom is 0.303 e. The van der Waals surface area contributed by atoms with Gasteiger partial charge in [-0.3, -0.25) is 9.89 Å². The summed E-state index contributed by atoms with van der Waals surface area (Å²) in [6.45, 7) is 8.35. The first kappa shape index (κ1) is 27.8. The number of ether oxygens (including phenoxy) is 1. The van der Waals surface area contributed by atoms with Crippen molar-refractivity contribution in [1.82, 2.24) is 24.5 Å². The number of hydrogen-bond acceptors (Lipinski definition) is 9. The molecule has 0 bridgehead atoms. The molecule has 3 atom stereocenters. The number of H-pyrrole nitrogens is 1. The van der Waals surface area contributed by atoms with E-state index in [0.29, 0.717) is 31.5 Å². The van der Waals surface area contributed by atoms with Crippen molar-refractivity contribution in [3.05, 3.63) is 23.3 Å². The van der Waals surface area contributed by atoms with Crippen LogP contribution in [0.4, 0.5) is 22.0 Å². The largest absolute Gasteiger partial charge is 0.459 e. The van der Waals surface area contributed by atoms with Crippen LogP contribution < -0.4 is 10.2 Å². The topological polar surface area (TPSA) is 133 Å². The molecule has 0 saturated carbocycles. The zero-order chi connectivity index (χ0) is 26.6. The number of rotatable bonds is 10. The van der Waals surface area contributed by atoms with Crippen molar-refractivity contribution in [3.8, 4) is 0 Å². The Bertz CT molecular complexity index is 1160. The second-order valence-electron chi connectivity index (χ2n) is 9.07. The van der Waals surface area contributed by atoms with Crippen LogP contribution in [0, 0.1) is 12.7 Å². The second-order valence-corrected chi connectivity index (χ2v) is 11.2. The van der Waals surface area contributed by atoms with Crippen LogP contribution in [-0.2, 0) is 26.2 Å². The average molecular weight is 526 g/mol. The highest BCUT2D eigenvalue weighted by Gasteiger charge is 2.41. The van der Waals surface area contributed by atoms with Crippen molar-refractivity contribution in [3.63, 3.8) is 0 Å². The van der Waals surface area contributed by atoms with Gasteiger partial charge in [0.15, 0.2) is 17.5 Å². The normalized spacial score (nSPS) is 20.8. The van der Waals surface area contributed by atoms with Gasteiger partial charge in [-0.1, -0.05) is 13.8 Å². The van der Waals surface area contributed by atoms with Gasteiger partial charge < -0.3 is 15.0 Å². The lowest BCUT2D eigenvalue weighted by Gasteiger charge is -2.46. The first-order valence-corrected chi connectivity index (χ1v) is 13.8. The molecular weight excluding hydrogens is 489 g/mol. The fraction of sp³-hybridized carbons (Fsp3) is 0.652. The van der Waals surface area contributed by atoms with Crippen molar-refractivity contribution in [2.24, 2.45) is 0 Å². The third-order valence-corrected chi connectivity index (χ3v) is 8.54. The van der Waals surface area contributed by atoms with E-state index >= 15 is 4.39 Å². The molecule has 13 heteroatoms. The quantitative estimate of drug-likeness (QED) is 0.448. The molecule has 3 rings (SSSR count). The fourth-order valence-electron chi connectivity index (χ4n) is 4.60. The van der Waals surface area contributed by atoms with Gasteiger partial charge in [-0.05, 0) is 39.5 Å². The summed E-state index contributed by atoms with van der Waals surface area (Å²) in [7, 11) is -1.54. The summed E-state index contributed by atoms with van der Waals surface area (Å²) in [5.41, 5.74) is 0.719. The summed E-state index contributed by atoms with van der Waals surface area (Å²) in [6, 6.07) is 1.31. The zero-order valence-electron chi connectivity index (χ0n) is 21.7. The summed E-state index contributed by atoms with van der Waals surface area (Å²) in [6.07, 6.45) is 2.52. The molecule has 0 spiro atoms. The van der Waals surface area contributed by atoms with Crippen LogP contribution in [0.25, 0.3) is 0 Å². The van der Waals surface area contributed by atoms with E-state index in [1.807, 2.05) is 32.7 Å². The monoisotopic (exact) mass is 525 g/mol. The number of aromatic nitrogens is 4. The average Bonchev–Trinajstić information content (AvgIpc) is 3.27. The molecule has 200 valence electrons.